The number of aromatic amines is 1. The molecule has 1 unspecified atom stereocenters. The van der Waals surface area contributed by atoms with Gasteiger partial charge in [-0.2, -0.15) is 5.10 Å². The topological polar surface area (TPSA) is 53.6 Å². The highest BCUT2D eigenvalue weighted by molar-refractivity contribution is 4.83. The second-order valence-electron chi connectivity index (χ2n) is 5.93. The van der Waals surface area contributed by atoms with E-state index in [0.29, 0.717) is 11.5 Å². The molecule has 1 atom stereocenters. The molecule has 0 aromatic carbocycles. The Hall–Kier alpha value is -0.900. The number of H-pyrrole nitrogens is 1. The second kappa shape index (κ2) is 5.63. The van der Waals surface area contributed by atoms with Crippen molar-refractivity contribution < 1.29 is 0 Å². The number of nitrogens with zero attached hydrogens (tertiary/aromatic N) is 2. The molecule has 96 valence electrons. The number of nitrogens with one attached hydrogen (secondary N) is 2. The molecule has 1 fully saturated rings. The lowest BCUT2D eigenvalue weighted by Crippen LogP contribution is -2.30. The molecular weight excluding hydrogens is 212 g/mol. The molecule has 0 aliphatic heterocycles. The first-order valence-electron chi connectivity index (χ1n) is 6.73. The molecule has 1 aliphatic rings. The van der Waals surface area contributed by atoms with Gasteiger partial charge in [0.15, 0.2) is 0 Å². The summed E-state index contributed by atoms with van der Waals surface area (Å²) in [7, 11) is 0. The van der Waals surface area contributed by atoms with E-state index in [2.05, 4.69) is 34.3 Å². The molecule has 0 radical (unpaired) electrons. The van der Waals surface area contributed by atoms with Gasteiger partial charge in [-0.15, -0.1) is 0 Å². The van der Waals surface area contributed by atoms with Crippen LogP contribution in [0, 0.1) is 5.41 Å². The first kappa shape index (κ1) is 12.6. The zero-order valence-electron chi connectivity index (χ0n) is 11.0. The minimum atomic E-state index is 0.543. The Bertz CT molecular complexity index is 318. The number of hydrogen-bond donors (Lipinski definition) is 2. The van der Waals surface area contributed by atoms with Gasteiger partial charge in [0.25, 0.3) is 0 Å². The molecule has 1 aliphatic carbocycles. The van der Waals surface area contributed by atoms with Gasteiger partial charge in [-0.05, 0) is 31.1 Å². The largest absolute Gasteiger partial charge is 0.314 e. The molecule has 1 aromatic heterocycles. The van der Waals surface area contributed by atoms with E-state index in [-0.39, 0.29) is 0 Å². The Kier molecular flexibility index (Phi) is 4.15. The summed E-state index contributed by atoms with van der Waals surface area (Å²) >= 11 is 0. The van der Waals surface area contributed by atoms with Crippen LogP contribution in [-0.4, -0.2) is 27.8 Å². The molecule has 0 bridgehead atoms. The van der Waals surface area contributed by atoms with Gasteiger partial charge in [-0.3, -0.25) is 5.10 Å². The molecule has 0 amide bonds. The normalized spacial score (nSPS) is 24.5. The highest BCUT2D eigenvalue weighted by Gasteiger charge is 2.23. The van der Waals surface area contributed by atoms with Crippen LogP contribution in [0.3, 0.4) is 0 Å². The van der Waals surface area contributed by atoms with Crippen LogP contribution in [0.25, 0.3) is 0 Å². The summed E-state index contributed by atoms with van der Waals surface area (Å²) in [6.45, 7) is 5.79. The Morgan fingerprint density at radius 3 is 3.06 bits per heavy atom. The molecular formula is C13H24N4. The van der Waals surface area contributed by atoms with E-state index in [1.54, 1.807) is 6.33 Å². The summed E-state index contributed by atoms with van der Waals surface area (Å²) in [5, 5.41) is 10.4. The lowest BCUT2D eigenvalue weighted by molar-refractivity contribution is 0.310. The summed E-state index contributed by atoms with van der Waals surface area (Å²) in [6.07, 6.45) is 9.21. The third kappa shape index (κ3) is 4.11. The molecule has 1 aromatic rings. The molecule has 2 rings (SSSR count). The predicted molar refractivity (Wildman–Crippen MR) is 68.7 cm³/mol. The highest BCUT2D eigenvalue weighted by Crippen LogP contribution is 2.33. The Morgan fingerprint density at radius 2 is 2.29 bits per heavy atom. The van der Waals surface area contributed by atoms with E-state index >= 15 is 0 Å². The molecule has 0 saturated heterocycles. The fraction of sp³-hybridized carbons (Fsp3) is 0.846. The van der Waals surface area contributed by atoms with Crippen LogP contribution in [0.5, 0.6) is 0 Å². The molecule has 1 saturated carbocycles. The zero-order chi connectivity index (χ0) is 12.1. The van der Waals surface area contributed by atoms with Crippen molar-refractivity contribution in [2.75, 3.05) is 6.54 Å². The fourth-order valence-electron chi connectivity index (χ4n) is 2.61. The van der Waals surface area contributed by atoms with E-state index in [9.17, 15) is 0 Å². The van der Waals surface area contributed by atoms with Crippen LogP contribution in [0.1, 0.15) is 51.8 Å². The van der Waals surface area contributed by atoms with Crippen molar-refractivity contribution in [3.63, 3.8) is 0 Å². The van der Waals surface area contributed by atoms with Crippen LogP contribution < -0.4 is 5.32 Å². The third-order valence-electron chi connectivity index (χ3n) is 3.84. The van der Waals surface area contributed by atoms with E-state index < -0.39 is 0 Å². The lowest BCUT2D eigenvalue weighted by atomic mass is 9.85. The first-order chi connectivity index (χ1) is 8.16. The molecule has 4 nitrogen and oxygen atoms in total. The van der Waals surface area contributed by atoms with E-state index in [1.807, 2.05) is 0 Å². The Morgan fingerprint density at radius 1 is 1.41 bits per heavy atom. The molecule has 17 heavy (non-hydrogen) atoms. The average molecular weight is 236 g/mol. The van der Waals surface area contributed by atoms with E-state index in [1.165, 1.54) is 32.1 Å². The average Bonchev–Trinajstić information content (AvgIpc) is 2.72. The van der Waals surface area contributed by atoms with Gasteiger partial charge in [-0.1, -0.05) is 20.3 Å². The van der Waals surface area contributed by atoms with Crippen molar-refractivity contribution in [3.05, 3.63) is 12.2 Å². The maximum Gasteiger partial charge on any atom is 0.137 e. The van der Waals surface area contributed by atoms with Crippen LogP contribution in [0.4, 0.5) is 0 Å². The summed E-state index contributed by atoms with van der Waals surface area (Å²) in [5.41, 5.74) is 0.543. The highest BCUT2D eigenvalue weighted by atomic mass is 15.2. The minimum Gasteiger partial charge on any atom is -0.314 e. The van der Waals surface area contributed by atoms with Crippen LogP contribution >= 0.6 is 0 Å². The molecule has 0 spiro atoms. The third-order valence-corrected chi connectivity index (χ3v) is 3.84. The minimum absolute atomic E-state index is 0.543. The Balaban J connectivity index is 1.69. The van der Waals surface area contributed by atoms with E-state index in [4.69, 9.17) is 0 Å². The second-order valence-corrected chi connectivity index (χ2v) is 5.93. The van der Waals surface area contributed by atoms with Crippen LogP contribution in [-0.2, 0) is 6.42 Å². The number of aromatic nitrogens is 3. The lowest BCUT2D eigenvalue weighted by Gasteiger charge is -2.22. The van der Waals surface area contributed by atoms with Crippen molar-refractivity contribution >= 4 is 0 Å². The summed E-state index contributed by atoms with van der Waals surface area (Å²) < 4.78 is 0. The number of rotatable bonds is 4. The van der Waals surface area contributed by atoms with Crippen molar-refractivity contribution in [1.29, 1.82) is 0 Å². The first-order valence-corrected chi connectivity index (χ1v) is 6.73. The zero-order valence-corrected chi connectivity index (χ0v) is 11.0. The molecule has 4 heteroatoms. The SMILES string of the molecule is CC1(C)CCCC(NCCc2ncn[nH]2)CC1. The van der Waals surface area contributed by atoms with Crippen molar-refractivity contribution in [2.24, 2.45) is 5.41 Å². The van der Waals surface area contributed by atoms with Crippen LogP contribution in [0.15, 0.2) is 6.33 Å². The van der Waals surface area contributed by atoms with Crippen molar-refractivity contribution in [2.45, 2.75) is 58.4 Å². The summed E-state index contributed by atoms with van der Waals surface area (Å²) in [4.78, 5) is 4.13. The van der Waals surface area contributed by atoms with Gasteiger partial charge < -0.3 is 5.32 Å². The van der Waals surface area contributed by atoms with Crippen LogP contribution in [0.2, 0.25) is 0 Å². The van der Waals surface area contributed by atoms with Gasteiger partial charge >= 0.3 is 0 Å². The van der Waals surface area contributed by atoms with Gasteiger partial charge in [0.05, 0.1) is 0 Å². The summed E-state index contributed by atoms with van der Waals surface area (Å²) in [6, 6.07) is 0.694. The monoisotopic (exact) mass is 236 g/mol. The predicted octanol–water partition coefficient (Wildman–Crippen LogP) is 2.30. The smallest absolute Gasteiger partial charge is 0.137 e. The maximum absolute atomic E-state index is 4.13. The Labute approximate surface area is 104 Å². The van der Waals surface area contributed by atoms with Gasteiger partial charge in [0, 0.05) is 19.0 Å². The molecule has 1 heterocycles. The van der Waals surface area contributed by atoms with Gasteiger partial charge in [-0.25, -0.2) is 4.98 Å². The van der Waals surface area contributed by atoms with Crippen molar-refractivity contribution in [3.8, 4) is 0 Å². The van der Waals surface area contributed by atoms with Crippen molar-refractivity contribution in [1.82, 2.24) is 20.5 Å². The van der Waals surface area contributed by atoms with E-state index in [0.717, 1.165) is 18.8 Å². The van der Waals surface area contributed by atoms with Gasteiger partial charge in [0.1, 0.15) is 12.2 Å². The molecule has 2 N–H and O–H groups in total. The fourth-order valence-corrected chi connectivity index (χ4v) is 2.61. The number of hydrogen-bond acceptors (Lipinski definition) is 3. The summed E-state index contributed by atoms with van der Waals surface area (Å²) in [5.74, 6) is 0.978. The van der Waals surface area contributed by atoms with Gasteiger partial charge in [0.2, 0.25) is 0 Å². The standard InChI is InChI=1S/C13H24N4/c1-13(2)7-3-4-11(5-8-13)14-9-6-12-15-10-16-17-12/h10-11,14H,3-9H2,1-2H3,(H,15,16,17). The quantitative estimate of drug-likeness (QED) is 0.789. The maximum atomic E-state index is 4.13.